The molecule has 2 heterocycles. The first kappa shape index (κ1) is 13.4. The van der Waals surface area contributed by atoms with E-state index in [0.717, 1.165) is 19.3 Å². The second kappa shape index (κ2) is 5.33. The number of nitrogens with zero attached hydrogens (tertiary/aromatic N) is 4. The van der Waals surface area contributed by atoms with Crippen LogP contribution in [0.15, 0.2) is 6.20 Å². The van der Waals surface area contributed by atoms with Crippen molar-refractivity contribution in [3.05, 3.63) is 11.9 Å². The second-order valence-corrected chi connectivity index (χ2v) is 6.55. The van der Waals surface area contributed by atoms with Crippen molar-refractivity contribution in [1.29, 1.82) is 0 Å². The Labute approximate surface area is 106 Å². The second-order valence-electron chi connectivity index (χ2n) is 4.61. The Balaban J connectivity index is 2.10. The summed E-state index contributed by atoms with van der Waals surface area (Å²) in [7, 11) is -3.17. The van der Waals surface area contributed by atoms with E-state index in [1.54, 1.807) is 10.9 Å². The lowest BCUT2D eigenvalue weighted by molar-refractivity contribution is 0.224. The largest absolute Gasteiger partial charge is 0.390 e. The third-order valence-electron chi connectivity index (χ3n) is 3.15. The fourth-order valence-corrected chi connectivity index (χ4v) is 3.48. The van der Waals surface area contributed by atoms with Crippen molar-refractivity contribution in [2.45, 2.75) is 38.5 Å². The highest BCUT2D eigenvalue weighted by Crippen LogP contribution is 2.20. The molecule has 0 unspecified atom stereocenters. The number of aromatic nitrogens is 3. The van der Waals surface area contributed by atoms with Gasteiger partial charge in [-0.1, -0.05) is 11.6 Å². The molecule has 0 saturated carbocycles. The summed E-state index contributed by atoms with van der Waals surface area (Å²) < 4.78 is 26.5. The Morgan fingerprint density at radius 3 is 2.89 bits per heavy atom. The molecule has 1 aliphatic rings. The molecule has 8 heteroatoms. The summed E-state index contributed by atoms with van der Waals surface area (Å²) in [5.41, 5.74) is 0.497. The minimum Gasteiger partial charge on any atom is -0.390 e. The number of hydrogen-bond acceptors (Lipinski definition) is 5. The molecule has 0 amide bonds. The van der Waals surface area contributed by atoms with E-state index in [0.29, 0.717) is 18.8 Å². The molecule has 1 N–H and O–H groups in total. The van der Waals surface area contributed by atoms with Crippen molar-refractivity contribution in [2.75, 3.05) is 12.8 Å². The smallest absolute Gasteiger partial charge is 0.211 e. The molecule has 0 bridgehead atoms. The molecule has 0 spiro atoms. The van der Waals surface area contributed by atoms with Crippen molar-refractivity contribution >= 4 is 10.0 Å². The molecular weight excluding hydrogens is 256 g/mol. The van der Waals surface area contributed by atoms with Gasteiger partial charge in [0.25, 0.3) is 0 Å². The highest BCUT2D eigenvalue weighted by Gasteiger charge is 2.29. The van der Waals surface area contributed by atoms with Gasteiger partial charge < -0.3 is 5.11 Å². The molecule has 1 aromatic heterocycles. The van der Waals surface area contributed by atoms with E-state index >= 15 is 0 Å². The van der Waals surface area contributed by atoms with E-state index in [1.165, 1.54) is 10.6 Å². The Bertz CT molecular complexity index is 499. The van der Waals surface area contributed by atoms with Crippen LogP contribution in [0.3, 0.4) is 0 Å². The topological polar surface area (TPSA) is 88.3 Å². The summed E-state index contributed by atoms with van der Waals surface area (Å²) in [6, 6.07) is -0.0676. The summed E-state index contributed by atoms with van der Waals surface area (Å²) in [6.07, 6.45) is 5.66. The lowest BCUT2D eigenvalue weighted by Crippen LogP contribution is -2.45. The zero-order valence-corrected chi connectivity index (χ0v) is 11.2. The van der Waals surface area contributed by atoms with E-state index in [9.17, 15) is 8.42 Å². The van der Waals surface area contributed by atoms with Gasteiger partial charge in [-0.3, -0.25) is 4.68 Å². The predicted octanol–water partition coefficient (Wildman–Crippen LogP) is -0.416. The molecule has 7 nitrogen and oxygen atoms in total. The Kier molecular flexibility index (Phi) is 3.98. The molecule has 0 aliphatic carbocycles. The van der Waals surface area contributed by atoms with Crippen LogP contribution in [-0.4, -0.2) is 51.7 Å². The van der Waals surface area contributed by atoms with Crippen LogP contribution < -0.4 is 0 Å². The molecule has 18 heavy (non-hydrogen) atoms. The Morgan fingerprint density at radius 2 is 2.28 bits per heavy atom. The molecule has 1 aromatic rings. The van der Waals surface area contributed by atoms with Crippen LogP contribution in [0, 0.1) is 0 Å². The molecule has 0 aromatic carbocycles. The summed E-state index contributed by atoms with van der Waals surface area (Å²) in [4.78, 5) is 0. The first-order valence-corrected chi connectivity index (χ1v) is 7.82. The number of hydrogen-bond donors (Lipinski definition) is 1. The zero-order chi connectivity index (χ0) is 13.2. The number of aliphatic hydroxyl groups excluding tert-OH is 1. The third-order valence-corrected chi connectivity index (χ3v) is 4.48. The van der Waals surface area contributed by atoms with E-state index in [2.05, 4.69) is 10.3 Å². The van der Waals surface area contributed by atoms with Gasteiger partial charge in [0.2, 0.25) is 10.0 Å². The van der Waals surface area contributed by atoms with Gasteiger partial charge in [0.15, 0.2) is 0 Å². The lowest BCUT2D eigenvalue weighted by atomic mass is 10.1. The van der Waals surface area contributed by atoms with E-state index in [1.807, 2.05) is 0 Å². The van der Waals surface area contributed by atoms with E-state index in [4.69, 9.17) is 5.11 Å². The van der Waals surface area contributed by atoms with Crippen molar-refractivity contribution in [3.63, 3.8) is 0 Å². The SMILES string of the molecule is CS(=O)(=O)N1CCCC[C@@H]1Cn1cc(CO)nn1. The molecule has 102 valence electrons. The first-order valence-electron chi connectivity index (χ1n) is 5.97. The fraction of sp³-hybridized carbons (Fsp3) is 0.800. The monoisotopic (exact) mass is 274 g/mol. The predicted molar refractivity (Wildman–Crippen MR) is 65.1 cm³/mol. The quantitative estimate of drug-likeness (QED) is 0.806. The number of piperidine rings is 1. The maximum absolute atomic E-state index is 11.7. The van der Waals surface area contributed by atoms with Crippen LogP contribution in [-0.2, 0) is 23.2 Å². The van der Waals surface area contributed by atoms with Gasteiger partial charge in [-0.15, -0.1) is 5.10 Å². The van der Waals surface area contributed by atoms with Crippen LogP contribution in [0.4, 0.5) is 0 Å². The van der Waals surface area contributed by atoms with Gasteiger partial charge >= 0.3 is 0 Å². The number of aliphatic hydroxyl groups is 1. The molecule has 1 saturated heterocycles. The normalized spacial score (nSPS) is 22.2. The van der Waals surface area contributed by atoms with Gasteiger partial charge in [-0.25, -0.2) is 8.42 Å². The maximum atomic E-state index is 11.7. The third kappa shape index (κ3) is 3.06. The van der Waals surface area contributed by atoms with E-state index < -0.39 is 10.0 Å². The van der Waals surface area contributed by atoms with Gasteiger partial charge in [0, 0.05) is 12.6 Å². The van der Waals surface area contributed by atoms with Gasteiger partial charge in [-0.2, -0.15) is 4.31 Å². The molecule has 1 aliphatic heterocycles. The van der Waals surface area contributed by atoms with Crippen LogP contribution in [0.5, 0.6) is 0 Å². The molecule has 1 atom stereocenters. The van der Waals surface area contributed by atoms with E-state index in [-0.39, 0.29) is 12.6 Å². The van der Waals surface area contributed by atoms with Crippen LogP contribution in [0.25, 0.3) is 0 Å². The average molecular weight is 274 g/mol. The minimum atomic E-state index is -3.17. The Hall–Kier alpha value is -0.990. The van der Waals surface area contributed by atoms with Gasteiger partial charge in [0.05, 0.1) is 25.6 Å². The summed E-state index contributed by atoms with van der Waals surface area (Å²) in [5, 5.41) is 16.6. The van der Waals surface area contributed by atoms with Crippen LogP contribution in [0.2, 0.25) is 0 Å². The minimum absolute atomic E-state index is 0.0676. The molecule has 0 radical (unpaired) electrons. The van der Waals surface area contributed by atoms with Crippen molar-refractivity contribution in [3.8, 4) is 0 Å². The van der Waals surface area contributed by atoms with Crippen molar-refractivity contribution < 1.29 is 13.5 Å². The zero-order valence-electron chi connectivity index (χ0n) is 10.4. The maximum Gasteiger partial charge on any atom is 0.211 e. The van der Waals surface area contributed by atoms with Gasteiger partial charge in [0.1, 0.15) is 5.69 Å². The molecular formula is C10H18N4O3S. The summed E-state index contributed by atoms with van der Waals surface area (Å²) in [5.74, 6) is 0. The van der Waals surface area contributed by atoms with Gasteiger partial charge in [-0.05, 0) is 12.8 Å². The average Bonchev–Trinajstić information content (AvgIpc) is 2.76. The molecule has 2 rings (SSSR count). The first-order chi connectivity index (χ1) is 8.50. The summed E-state index contributed by atoms with van der Waals surface area (Å²) in [6.45, 7) is 0.908. The van der Waals surface area contributed by atoms with Crippen molar-refractivity contribution in [1.82, 2.24) is 19.3 Å². The lowest BCUT2D eigenvalue weighted by Gasteiger charge is -2.33. The van der Waals surface area contributed by atoms with Crippen molar-refractivity contribution in [2.24, 2.45) is 0 Å². The summed E-state index contributed by atoms with van der Waals surface area (Å²) >= 11 is 0. The van der Waals surface area contributed by atoms with Crippen LogP contribution >= 0.6 is 0 Å². The highest BCUT2D eigenvalue weighted by molar-refractivity contribution is 7.88. The number of rotatable bonds is 4. The molecule has 1 fully saturated rings. The standard InChI is InChI=1S/C10H18N4O3S/c1-18(16,17)14-5-3-2-4-10(14)7-13-6-9(8-15)11-12-13/h6,10,15H,2-5,7-8H2,1H3/t10-/m1/s1. The highest BCUT2D eigenvalue weighted by atomic mass is 32.2. The fourth-order valence-electron chi connectivity index (χ4n) is 2.31. The Morgan fingerprint density at radius 1 is 1.50 bits per heavy atom. The number of sulfonamides is 1. The van der Waals surface area contributed by atoms with Crippen LogP contribution in [0.1, 0.15) is 25.0 Å².